The Morgan fingerprint density at radius 2 is 1.65 bits per heavy atom. The van der Waals surface area contributed by atoms with Crippen LogP contribution < -0.4 is 5.32 Å². The quantitative estimate of drug-likeness (QED) is 0.847. The standard InChI is InChI=1S/C18H16F3NO/c19-18(20,21)16-10-8-14(9-11-16)5-4-12-22-17(13-23)15-6-2-1-3-7-15/h1-3,6-11,17,22-23H,12-13H2. The molecule has 2 N–H and O–H groups in total. The fourth-order valence-corrected chi connectivity index (χ4v) is 2.04. The third-order valence-corrected chi connectivity index (χ3v) is 3.27. The molecule has 0 spiro atoms. The molecule has 0 aliphatic heterocycles. The van der Waals surface area contributed by atoms with Crippen LogP contribution in [0.5, 0.6) is 0 Å². The predicted molar refractivity (Wildman–Crippen MR) is 82.6 cm³/mol. The summed E-state index contributed by atoms with van der Waals surface area (Å²) in [6.45, 7) is 0.257. The van der Waals surface area contributed by atoms with E-state index < -0.39 is 11.7 Å². The monoisotopic (exact) mass is 319 g/mol. The number of hydrogen-bond acceptors (Lipinski definition) is 2. The van der Waals surface area contributed by atoms with Gasteiger partial charge in [0.15, 0.2) is 0 Å². The summed E-state index contributed by atoms with van der Waals surface area (Å²) in [6, 6.07) is 13.9. The molecule has 120 valence electrons. The molecule has 1 unspecified atom stereocenters. The van der Waals surface area contributed by atoms with Gasteiger partial charge in [-0.05, 0) is 29.8 Å². The van der Waals surface area contributed by atoms with Gasteiger partial charge in [-0.3, -0.25) is 5.32 Å². The van der Waals surface area contributed by atoms with Crippen molar-refractivity contribution in [1.29, 1.82) is 0 Å². The summed E-state index contributed by atoms with van der Waals surface area (Å²) in [5, 5.41) is 12.5. The van der Waals surface area contributed by atoms with E-state index in [-0.39, 0.29) is 12.6 Å². The lowest BCUT2D eigenvalue weighted by Gasteiger charge is -2.14. The van der Waals surface area contributed by atoms with Crippen LogP contribution >= 0.6 is 0 Å². The molecule has 0 radical (unpaired) electrons. The minimum absolute atomic E-state index is 0.0635. The molecule has 2 aromatic rings. The van der Waals surface area contributed by atoms with Crippen molar-refractivity contribution >= 4 is 0 Å². The van der Waals surface area contributed by atoms with Crippen LogP contribution in [0.25, 0.3) is 0 Å². The maximum absolute atomic E-state index is 12.4. The Hall–Kier alpha value is -2.29. The van der Waals surface area contributed by atoms with Crippen molar-refractivity contribution in [3.05, 3.63) is 71.3 Å². The van der Waals surface area contributed by atoms with Gasteiger partial charge in [0.05, 0.1) is 24.8 Å². The molecule has 5 heteroatoms. The van der Waals surface area contributed by atoms with Crippen molar-refractivity contribution in [2.24, 2.45) is 0 Å². The van der Waals surface area contributed by atoms with Gasteiger partial charge in [-0.2, -0.15) is 13.2 Å². The molecule has 2 rings (SSSR count). The molecule has 0 saturated heterocycles. The van der Waals surface area contributed by atoms with E-state index in [9.17, 15) is 18.3 Å². The Morgan fingerprint density at radius 1 is 1.00 bits per heavy atom. The second-order valence-corrected chi connectivity index (χ2v) is 4.90. The largest absolute Gasteiger partial charge is 0.416 e. The Morgan fingerprint density at radius 3 is 2.22 bits per heavy atom. The molecule has 2 aromatic carbocycles. The van der Waals surface area contributed by atoms with Gasteiger partial charge in [-0.1, -0.05) is 42.2 Å². The molecule has 0 aliphatic rings. The smallest absolute Gasteiger partial charge is 0.394 e. The Kier molecular flexibility index (Phi) is 5.80. The van der Waals surface area contributed by atoms with Gasteiger partial charge in [0.25, 0.3) is 0 Å². The normalized spacial score (nSPS) is 12.3. The summed E-state index contributed by atoms with van der Waals surface area (Å²) >= 11 is 0. The molecule has 1 atom stereocenters. The highest BCUT2D eigenvalue weighted by atomic mass is 19.4. The summed E-state index contributed by atoms with van der Waals surface area (Å²) in [6.07, 6.45) is -4.34. The minimum atomic E-state index is -4.34. The molecule has 0 heterocycles. The van der Waals surface area contributed by atoms with E-state index in [0.29, 0.717) is 12.1 Å². The van der Waals surface area contributed by atoms with Crippen molar-refractivity contribution in [1.82, 2.24) is 5.32 Å². The molecule has 0 aliphatic carbocycles. The van der Waals surface area contributed by atoms with Crippen molar-refractivity contribution in [3.8, 4) is 11.8 Å². The zero-order valence-corrected chi connectivity index (χ0v) is 12.3. The number of halogens is 3. The van der Waals surface area contributed by atoms with E-state index in [4.69, 9.17) is 0 Å². The number of aliphatic hydroxyl groups excluding tert-OH is 1. The van der Waals surface area contributed by atoms with Crippen molar-refractivity contribution < 1.29 is 18.3 Å². The van der Waals surface area contributed by atoms with E-state index >= 15 is 0 Å². The predicted octanol–water partition coefficient (Wildman–Crippen LogP) is 3.38. The molecule has 23 heavy (non-hydrogen) atoms. The van der Waals surface area contributed by atoms with E-state index in [2.05, 4.69) is 17.2 Å². The number of benzene rings is 2. The fourth-order valence-electron chi connectivity index (χ4n) is 2.04. The molecule has 0 fully saturated rings. The van der Waals surface area contributed by atoms with Gasteiger partial charge in [0.1, 0.15) is 0 Å². The number of alkyl halides is 3. The first kappa shape index (κ1) is 17.1. The van der Waals surface area contributed by atoms with E-state index in [1.807, 2.05) is 30.3 Å². The van der Waals surface area contributed by atoms with Crippen LogP contribution in [0.4, 0.5) is 13.2 Å². The average Bonchev–Trinajstić information content (AvgIpc) is 2.55. The lowest BCUT2D eigenvalue weighted by atomic mass is 10.1. The zero-order chi connectivity index (χ0) is 16.7. The topological polar surface area (TPSA) is 32.3 Å². The first-order chi connectivity index (χ1) is 11.0. The Balaban J connectivity index is 1.93. The average molecular weight is 319 g/mol. The summed E-state index contributed by atoms with van der Waals surface area (Å²) < 4.78 is 37.3. The third-order valence-electron chi connectivity index (χ3n) is 3.27. The second kappa shape index (κ2) is 7.82. The van der Waals surface area contributed by atoms with Crippen LogP contribution in [0, 0.1) is 11.8 Å². The highest BCUT2D eigenvalue weighted by Gasteiger charge is 2.29. The van der Waals surface area contributed by atoms with Gasteiger partial charge in [-0.25, -0.2) is 0 Å². The zero-order valence-electron chi connectivity index (χ0n) is 12.3. The highest BCUT2D eigenvalue weighted by Crippen LogP contribution is 2.28. The number of aliphatic hydroxyl groups is 1. The lowest BCUT2D eigenvalue weighted by Crippen LogP contribution is -2.24. The maximum atomic E-state index is 12.4. The van der Waals surface area contributed by atoms with Gasteiger partial charge >= 0.3 is 6.18 Å². The van der Waals surface area contributed by atoms with Crippen molar-refractivity contribution in [2.45, 2.75) is 12.2 Å². The van der Waals surface area contributed by atoms with Gasteiger partial charge < -0.3 is 5.11 Å². The Bertz CT molecular complexity index is 669. The van der Waals surface area contributed by atoms with Crippen molar-refractivity contribution in [3.63, 3.8) is 0 Å². The molecular weight excluding hydrogens is 303 g/mol. The van der Waals surface area contributed by atoms with E-state index in [0.717, 1.165) is 17.7 Å². The molecule has 0 saturated carbocycles. The second-order valence-electron chi connectivity index (χ2n) is 4.90. The van der Waals surface area contributed by atoms with Crippen LogP contribution in [-0.2, 0) is 6.18 Å². The van der Waals surface area contributed by atoms with E-state index in [1.54, 1.807) is 0 Å². The van der Waals surface area contributed by atoms with Gasteiger partial charge in [0.2, 0.25) is 0 Å². The number of hydrogen-bond donors (Lipinski definition) is 2. The third kappa shape index (κ3) is 5.13. The maximum Gasteiger partial charge on any atom is 0.416 e. The Labute approximate surface area is 133 Å². The van der Waals surface area contributed by atoms with Crippen LogP contribution in [0.2, 0.25) is 0 Å². The molecule has 2 nitrogen and oxygen atoms in total. The van der Waals surface area contributed by atoms with Crippen molar-refractivity contribution in [2.75, 3.05) is 13.2 Å². The number of rotatable bonds is 4. The van der Waals surface area contributed by atoms with E-state index in [1.165, 1.54) is 12.1 Å². The minimum Gasteiger partial charge on any atom is -0.394 e. The van der Waals surface area contributed by atoms with Crippen LogP contribution in [-0.4, -0.2) is 18.3 Å². The summed E-state index contributed by atoms with van der Waals surface area (Å²) in [7, 11) is 0. The first-order valence-corrected chi connectivity index (χ1v) is 7.06. The molecule has 0 aromatic heterocycles. The highest BCUT2D eigenvalue weighted by molar-refractivity contribution is 5.37. The fraction of sp³-hybridized carbons (Fsp3) is 0.222. The molecular formula is C18H16F3NO. The van der Waals surface area contributed by atoms with Gasteiger partial charge in [0, 0.05) is 5.56 Å². The van der Waals surface area contributed by atoms with Gasteiger partial charge in [-0.15, -0.1) is 0 Å². The molecule has 0 bridgehead atoms. The van der Waals surface area contributed by atoms with Crippen LogP contribution in [0.1, 0.15) is 22.7 Å². The van der Waals surface area contributed by atoms with Crippen LogP contribution in [0.15, 0.2) is 54.6 Å². The van der Waals surface area contributed by atoms with Crippen LogP contribution in [0.3, 0.4) is 0 Å². The SMILES string of the molecule is OCC(NCC#Cc1ccc(C(F)(F)F)cc1)c1ccccc1. The summed E-state index contributed by atoms with van der Waals surface area (Å²) in [4.78, 5) is 0. The first-order valence-electron chi connectivity index (χ1n) is 7.06. The number of nitrogens with one attached hydrogen (secondary N) is 1. The summed E-state index contributed by atoms with van der Waals surface area (Å²) in [5.41, 5.74) is 0.775. The lowest BCUT2D eigenvalue weighted by molar-refractivity contribution is -0.137. The molecule has 0 amide bonds. The summed E-state index contributed by atoms with van der Waals surface area (Å²) in [5.74, 6) is 5.63.